The number of amides is 1. The Kier molecular flexibility index (Phi) is 3.78. The zero-order valence-corrected chi connectivity index (χ0v) is 11.5. The van der Waals surface area contributed by atoms with Gasteiger partial charge in [-0.05, 0) is 37.0 Å². The third kappa shape index (κ3) is 2.58. The van der Waals surface area contributed by atoms with E-state index in [9.17, 15) is 4.79 Å². The number of fused-ring (bicyclic) bond motifs is 1. The average molecular weight is 276 g/mol. The van der Waals surface area contributed by atoms with E-state index in [1.807, 2.05) is 23.1 Å². The molecule has 0 aliphatic carbocycles. The van der Waals surface area contributed by atoms with Crippen molar-refractivity contribution >= 4 is 5.91 Å². The number of carbonyl (C=O) groups excluding carboxylic acids is 1. The average Bonchev–Trinajstić information content (AvgIpc) is 2.94. The van der Waals surface area contributed by atoms with E-state index in [0.29, 0.717) is 13.0 Å². The van der Waals surface area contributed by atoms with Crippen LogP contribution in [-0.4, -0.2) is 36.7 Å². The van der Waals surface area contributed by atoms with Crippen molar-refractivity contribution in [2.75, 3.05) is 19.9 Å². The second-order valence-electron chi connectivity index (χ2n) is 5.34. The van der Waals surface area contributed by atoms with Gasteiger partial charge in [-0.1, -0.05) is 6.07 Å². The van der Waals surface area contributed by atoms with Crippen LogP contribution in [0.5, 0.6) is 11.5 Å². The van der Waals surface area contributed by atoms with Crippen LogP contribution in [0.15, 0.2) is 18.2 Å². The fourth-order valence-electron chi connectivity index (χ4n) is 2.90. The van der Waals surface area contributed by atoms with Crippen molar-refractivity contribution in [2.45, 2.75) is 31.7 Å². The standard InChI is InChI=1S/C15H20N2O3/c16-9-12-3-1-2-6-17(12)15(18)8-11-4-5-13-14(7-11)20-10-19-13/h4-5,7,12H,1-3,6,8-10,16H2. The molecule has 1 aromatic rings. The maximum absolute atomic E-state index is 12.4. The second-order valence-corrected chi connectivity index (χ2v) is 5.34. The third-order valence-electron chi connectivity index (χ3n) is 4.01. The molecule has 1 fully saturated rings. The summed E-state index contributed by atoms with van der Waals surface area (Å²) >= 11 is 0. The van der Waals surface area contributed by atoms with Crippen molar-refractivity contribution in [1.29, 1.82) is 0 Å². The molecule has 0 saturated carbocycles. The van der Waals surface area contributed by atoms with Crippen molar-refractivity contribution in [3.63, 3.8) is 0 Å². The van der Waals surface area contributed by atoms with Gasteiger partial charge in [0.2, 0.25) is 12.7 Å². The Labute approximate surface area is 118 Å². The minimum atomic E-state index is 0.152. The van der Waals surface area contributed by atoms with Gasteiger partial charge in [0.25, 0.3) is 0 Å². The molecule has 5 heteroatoms. The first-order chi connectivity index (χ1) is 9.78. The molecule has 0 radical (unpaired) electrons. The van der Waals surface area contributed by atoms with Gasteiger partial charge in [0.15, 0.2) is 11.5 Å². The van der Waals surface area contributed by atoms with Gasteiger partial charge < -0.3 is 20.1 Å². The Hall–Kier alpha value is -1.75. The molecule has 108 valence electrons. The largest absolute Gasteiger partial charge is 0.454 e. The molecule has 2 aliphatic heterocycles. The van der Waals surface area contributed by atoms with Gasteiger partial charge in [-0.15, -0.1) is 0 Å². The number of hydrogen-bond donors (Lipinski definition) is 1. The third-order valence-corrected chi connectivity index (χ3v) is 4.01. The van der Waals surface area contributed by atoms with Gasteiger partial charge in [-0.25, -0.2) is 0 Å². The summed E-state index contributed by atoms with van der Waals surface area (Å²) < 4.78 is 10.6. The van der Waals surface area contributed by atoms with Gasteiger partial charge >= 0.3 is 0 Å². The summed E-state index contributed by atoms with van der Waals surface area (Å²) in [5.74, 6) is 1.63. The molecule has 1 unspecified atom stereocenters. The summed E-state index contributed by atoms with van der Waals surface area (Å²) in [5.41, 5.74) is 6.73. The smallest absolute Gasteiger partial charge is 0.231 e. The van der Waals surface area contributed by atoms with Crippen LogP contribution in [0.2, 0.25) is 0 Å². The molecule has 2 heterocycles. The summed E-state index contributed by atoms with van der Waals surface area (Å²) in [6.45, 7) is 1.63. The van der Waals surface area contributed by atoms with E-state index >= 15 is 0 Å². The molecular weight excluding hydrogens is 256 g/mol. The first-order valence-electron chi connectivity index (χ1n) is 7.16. The summed E-state index contributed by atoms with van der Waals surface area (Å²) in [7, 11) is 0. The molecule has 3 rings (SSSR count). The van der Waals surface area contributed by atoms with E-state index in [1.54, 1.807) is 0 Å². The van der Waals surface area contributed by atoms with Crippen molar-refractivity contribution in [2.24, 2.45) is 5.73 Å². The second kappa shape index (κ2) is 5.71. The summed E-state index contributed by atoms with van der Waals surface area (Å²) in [4.78, 5) is 14.4. The molecule has 2 aliphatic rings. The van der Waals surface area contributed by atoms with Crippen molar-refractivity contribution in [3.8, 4) is 11.5 Å². The van der Waals surface area contributed by atoms with Crippen LogP contribution >= 0.6 is 0 Å². The molecule has 0 aromatic heterocycles. The molecular formula is C15H20N2O3. The molecule has 1 saturated heterocycles. The molecule has 0 bridgehead atoms. The molecule has 20 heavy (non-hydrogen) atoms. The Morgan fingerprint density at radius 2 is 2.15 bits per heavy atom. The van der Waals surface area contributed by atoms with Crippen LogP contribution < -0.4 is 15.2 Å². The SMILES string of the molecule is NCC1CCCCN1C(=O)Cc1ccc2c(c1)OCO2. The normalized spacial score (nSPS) is 21.1. The van der Waals surface area contributed by atoms with Crippen LogP contribution in [0.4, 0.5) is 0 Å². The van der Waals surface area contributed by atoms with E-state index in [-0.39, 0.29) is 18.7 Å². The number of likely N-dealkylation sites (tertiary alicyclic amines) is 1. The number of hydrogen-bond acceptors (Lipinski definition) is 4. The van der Waals surface area contributed by atoms with Gasteiger partial charge in [-0.3, -0.25) is 4.79 Å². The highest BCUT2D eigenvalue weighted by Crippen LogP contribution is 2.32. The summed E-state index contributed by atoms with van der Waals surface area (Å²) in [5, 5.41) is 0. The van der Waals surface area contributed by atoms with E-state index in [1.165, 1.54) is 0 Å². The van der Waals surface area contributed by atoms with Crippen molar-refractivity contribution in [3.05, 3.63) is 23.8 Å². The van der Waals surface area contributed by atoms with Gasteiger partial charge in [0, 0.05) is 19.1 Å². The lowest BCUT2D eigenvalue weighted by Gasteiger charge is -2.35. The van der Waals surface area contributed by atoms with Gasteiger partial charge in [-0.2, -0.15) is 0 Å². The highest BCUT2D eigenvalue weighted by atomic mass is 16.7. The number of nitrogens with zero attached hydrogens (tertiary/aromatic N) is 1. The van der Waals surface area contributed by atoms with Crippen LogP contribution in [0, 0.1) is 0 Å². The monoisotopic (exact) mass is 276 g/mol. The maximum Gasteiger partial charge on any atom is 0.231 e. The predicted molar refractivity (Wildman–Crippen MR) is 74.7 cm³/mol. The zero-order chi connectivity index (χ0) is 13.9. The van der Waals surface area contributed by atoms with E-state index in [0.717, 1.165) is 42.9 Å². The summed E-state index contributed by atoms with van der Waals surface area (Å²) in [6, 6.07) is 5.88. The molecule has 0 spiro atoms. The van der Waals surface area contributed by atoms with Crippen LogP contribution in [0.3, 0.4) is 0 Å². The number of ether oxygens (including phenoxy) is 2. The Morgan fingerprint density at radius 1 is 1.30 bits per heavy atom. The van der Waals surface area contributed by atoms with Crippen LogP contribution in [0.25, 0.3) is 0 Å². The topological polar surface area (TPSA) is 64.8 Å². The maximum atomic E-state index is 12.4. The van der Waals surface area contributed by atoms with Crippen LogP contribution in [-0.2, 0) is 11.2 Å². The van der Waals surface area contributed by atoms with Crippen molar-refractivity contribution < 1.29 is 14.3 Å². The number of rotatable bonds is 3. The zero-order valence-electron chi connectivity index (χ0n) is 11.5. The predicted octanol–water partition coefficient (Wildman–Crippen LogP) is 1.30. The molecule has 1 aromatic carbocycles. The van der Waals surface area contributed by atoms with E-state index in [2.05, 4.69) is 0 Å². The highest BCUT2D eigenvalue weighted by molar-refractivity contribution is 5.79. The Morgan fingerprint density at radius 3 is 3.00 bits per heavy atom. The number of carbonyl (C=O) groups is 1. The highest BCUT2D eigenvalue weighted by Gasteiger charge is 2.25. The fourth-order valence-corrected chi connectivity index (χ4v) is 2.90. The first kappa shape index (κ1) is 13.2. The first-order valence-corrected chi connectivity index (χ1v) is 7.16. The number of nitrogens with two attached hydrogens (primary N) is 1. The van der Waals surface area contributed by atoms with Crippen molar-refractivity contribution in [1.82, 2.24) is 4.90 Å². The van der Waals surface area contributed by atoms with E-state index < -0.39 is 0 Å². The fraction of sp³-hybridized carbons (Fsp3) is 0.533. The molecule has 1 amide bonds. The lowest BCUT2D eigenvalue weighted by molar-refractivity contribution is -0.133. The van der Waals surface area contributed by atoms with Gasteiger partial charge in [0.1, 0.15) is 0 Å². The number of benzene rings is 1. The number of piperidine rings is 1. The minimum Gasteiger partial charge on any atom is -0.454 e. The molecule has 1 atom stereocenters. The molecule has 2 N–H and O–H groups in total. The lowest BCUT2D eigenvalue weighted by atomic mass is 10.0. The quantitative estimate of drug-likeness (QED) is 0.903. The van der Waals surface area contributed by atoms with Crippen LogP contribution in [0.1, 0.15) is 24.8 Å². The van der Waals surface area contributed by atoms with Gasteiger partial charge in [0.05, 0.1) is 6.42 Å². The Bertz CT molecular complexity index is 504. The van der Waals surface area contributed by atoms with E-state index in [4.69, 9.17) is 15.2 Å². The molecule has 5 nitrogen and oxygen atoms in total. The summed E-state index contributed by atoms with van der Waals surface area (Å²) in [6.07, 6.45) is 3.65. The Balaban J connectivity index is 1.69. The minimum absolute atomic E-state index is 0.152. The lowest BCUT2D eigenvalue weighted by Crippen LogP contribution is -2.48.